The van der Waals surface area contributed by atoms with Crippen molar-refractivity contribution in [2.24, 2.45) is 0 Å². The Kier molecular flexibility index (Phi) is 3.72. The zero-order valence-electron chi connectivity index (χ0n) is 10.4. The minimum absolute atomic E-state index is 0.470. The number of nitrogens with zero attached hydrogens (tertiary/aromatic N) is 2. The van der Waals surface area contributed by atoms with Crippen molar-refractivity contribution in [1.82, 2.24) is 10.1 Å². The molecular formula is C15H10Cl2N2O. The van der Waals surface area contributed by atoms with Gasteiger partial charge in [0, 0.05) is 10.6 Å². The van der Waals surface area contributed by atoms with Gasteiger partial charge in [0.15, 0.2) is 0 Å². The molecule has 0 saturated heterocycles. The third kappa shape index (κ3) is 2.84. The first kappa shape index (κ1) is 13.2. The highest BCUT2D eigenvalue weighted by Crippen LogP contribution is 2.28. The zero-order chi connectivity index (χ0) is 13.9. The van der Waals surface area contributed by atoms with Crippen molar-refractivity contribution >= 4 is 23.2 Å². The second-order valence-electron chi connectivity index (χ2n) is 4.30. The number of halogens is 2. The molecule has 1 aromatic heterocycles. The van der Waals surface area contributed by atoms with Crippen LogP contribution in [0.2, 0.25) is 10.0 Å². The van der Waals surface area contributed by atoms with Crippen molar-refractivity contribution in [3.8, 4) is 11.4 Å². The largest absolute Gasteiger partial charge is 0.339 e. The van der Waals surface area contributed by atoms with Gasteiger partial charge in [-0.05, 0) is 23.8 Å². The zero-order valence-corrected chi connectivity index (χ0v) is 11.9. The molecule has 0 aliphatic heterocycles. The highest BCUT2D eigenvalue weighted by Gasteiger charge is 2.12. The van der Waals surface area contributed by atoms with Gasteiger partial charge in [-0.25, -0.2) is 0 Å². The van der Waals surface area contributed by atoms with Crippen LogP contribution in [0.4, 0.5) is 0 Å². The number of benzene rings is 2. The van der Waals surface area contributed by atoms with E-state index in [1.54, 1.807) is 18.2 Å². The van der Waals surface area contributed by atoms with E-state index in [4.69, 9.17) is 27.7 Å². The van der Waals surface area contributed by atoms with E-state index in [2.05, 4.69) is 10.1 Å². The molecule has 20 heavy (non-hydrogen) atoms. The minimum Gasteiger partial charge on any atom is -0.339 e. The van der Waals surface area contributed by atoms with Gasteiger partial charge in [0.2, 0.25) is 11.7 Å². The molecule has 0 bridgehead atoms. The molecule has 0 radical (unpaired) electrons. The van der Waals surface area contributed by atoms with Crippen LogP contribution in [-0.4, -0.2) is 10.1 Å². The van der Waals surface area contributed by atoms with E-state index >= 15 is 0 Å². The van der Waals surface area contributed by atoms with Gasteiger partial charge in [-0.15, -0.1) is 0 Å². The van der Waals surface area contributed by atoms with Crippen LogP contribution in [0.1, 0.15) is 11.5 Å². The highest BCUT2D eigenvalue weighted by molar-refractivity contribution is 6.36. The maximum Gasteiger partial charge on any atom is 0.231 e. The Hall–Kier alpha value is -1.84. The molecule has 100 valence electrons. The van der Waals surface area contributed by atoms with Crippen molar-refractivity contribution < 1.29 is 4.52 Å². The van der Waals surface area contributed by atoms with Gasteiger partial charge in [-0.2, -0.15) is 4.98 Å². The van der Waals surface area contributed by atoms with Gasteiger partial charge < -0.3 is 4.52 Å². The summed E-state index contributed by atoms with van der Waals surface area (Å²) in [6, 6.07) is 15.1. The van der Waals surface area contributed by atoms with Gasteiger partial charge in [-0.3, -0.25) is 0 Å². The molecule has 3 aromatic rings. The van der Waals surface area contributed by atoms with Crippen LogP contribution < -0.4 is 0 Å². The van der Waals surface area contributed by atoms with Crippen LogP contribution in [-0.2, 0) is 6.42 Å². The fraction of sp³-hybridized carbons (Fsp3) is 0.0667. The van der Waals surface area contributed by atoms with Crippen LogP contribution in [0.3, 0.4) is 0 Å². The third-order valence-electron chi connectivity index (χ3n) is 2.84. The molecule has 0 aliphatic rings. The molecule has 3 nitrogen and oxygen atoms in total. The molecular weight excluding hydrogens is 295 g/mol. The molecule has 0 spiro atoms. The second-order valence-corrected chi connectivity index (χ2v) is 5.14. The Morgan fingerprint density at radius 3 is 2.55 bits per heavy atom. The first-order chi connectivity index (χ1) is 9.72. The summed E-state index contributed by atoms with van der Waals surface area (Å²) in [6.07, 6.45) is 0.596. The monoisotopic (exact) mass is 304 g/mol. The van der Waals surface area contributed by atoms with E-state index < -0.39 is 0 Å². The Labute approximate surface area is 126 Å². The summed E-state index contributed by atoms with van der Waals surface area (Å²) < 4.78 is 5.26. The Balaban J connectivity index is 1.87. The lowest BCUT2D eigenvalue weighted by Crippen LogP contribution is -1.88. The normalized spacial score (nSPS) is 10.7. The lowest BCUT2D eigenvalue weighted by Gasteiger charge is -1.98. The van der Waals surface area contributed by atoms with Gasteiger partial charge in [0.05, 0.1) is 11.4 Å². The molecule has 1 heterocycles. The molecule has 3 rings (SSSR count). The standard InChI is InChI=1S/C15H10Cl2N2O/c16-11-6-7-12(13(17)9-11)15-18-14(20-19-15)8-10-4-2-1-3-5-10/h1-7,9H,8H2. The first-order valence-corrected chi connectivity index (χ1v) is 6.80. The summed E-state index contributed by atoms with van der Waals surface area (Å²) in [5.74, 6) is 1.02. The summed E-state index contributed by atoms with van der Waals surface area (Å²) in [7, 11) is 0. The Morgan fingerprint density at radius 1 is 1.00 bits per heavy atom. The number of hydrogen-bond acceptors (Lipinski definition) is 3. The van der Waals surface area contributed by atoms with E-state index in [-0.39, 0.29) is 0 Å². The summed E-state index contributed by atoms with van der Waals surface area (Å²) >= 11 is 12.0. The van der Waals surface area contributed by atoms with Crippen LogP contribution in [0.15, 0.2) is 53.1 Å². The van der Waals surface area contributed by atoms with Gasteiger partial charge in [0.25, 0.3) is 0 Å². The summed E-state index contributed by atoms with van der Waals surface area (Å²) in [4.78, 5) is 4.36. The molecule has 0 amide bonds. The number of hydrogen-bond donors (Lipinski definition) is 0. The fourth-order valence-electron chi connectivity index (χ4n) is 1.88. The lowest BCUT2D eigenvalue weighted by atomic mass is 10.1. The Morgan fingerprint density at radius 2 is 1.80 bits per heavy atom. The maximum absolute atomic E-state index is 6.13. The molecule has 0 fully saturated rings. The van der Waals surface area contributed by atoms with E-state index in [1.165, 1.54) is 0 Å². The summed E-state index contributed by atoms with van der Waals surface area (Å²) in [5.41, 5.74) is 1.82. The van der Waals surface area contributed by atoms with Crippen LogP contribution in [0, 0.1) is 0 Å². The summed E-state index contributed by atoms with van der Waals surface area (Å²) in [5, 5.41) is 5.04. The van der Waals surface area contributed by atoms with Gasteiger partial charge in [-0.1, -0.05) is 58.7 Å². The van der Waals surface area contributed by atoms with Crippen LogP contribution in [0.5, 0.6) is 0 Å². The maximum atomic E-state index is 6.13. The smallest absolute Gasteiger partial charge is 0.231 e. The molecule has 0 unspecified atom stereocenters. The van der Waals surface area contributed by atoms with Gasteiger partial charge >= 0.3 is 0 Å². The number of aromatic nitrogens is 2. The van der Waals surface area contributed by atoms with Crippen molar-refractivity contribution in [1.29, 1.82) is 0 Å². The molecule has 5 heteroatoms. The fourth-order valence-corrected chi connectivity index (χ4v) is 2.37. The molecule has 0 aliphatic carbocycles. The molecule has 0 N–H and O–H groups in total. The quantitative estimate of drug-likeness (QED) is 0.708. The van der Waals surface area contributed by atoms with Crippen LogP contribution >= 0.6 is 23.2 Å². The Bertz CT molecular complexity index is 726. The average Bonchev–Trinajstić information content (AvgIpc) is 2.88. The highest BCUT2D eigenvalue weighted by atomic mass is 35.5. The van der Waals surface area contributed by atoms with E-state index in [1.807, 2.05) is 30.3 Å². The predicted octanol–water partition coefficient (Wildman–Crippen LogP) is 4.63. The third-order valence-corrected chi connectivity index (χ3v) is 3.39. The summed E-state index contributed by atoms with van der Waals surface area (Å²) in [6.45, 7) is 0. The topological polar surface area (TPSA) is 38.9 Å². The van der Waals surface area contributed by atoms with Crippen molar-refractivity contribution in [2.75, 3.05) is 0 Å². The molecule has 2 aromatic carbocycles. The average molecular weight is 305 g/mol. The molecule has 0 saturated carbocycles. The SMILES string of the molecule is Clc1ccc(-c2noc(Cc3ccccc3)n2)c(Cl)c1. The van der Waals surface area contributed by atoms with E-state index in [0.29, 0.717) is 33.7 Å². The number of rotatable bonds is 3. The second kappa shape index (κ2) is 5.65. The predicted molar refractivity (Wildman–Crippen MR) is 79.0 cm³/mol. The lowest BCUT2D eigenvalue weighted by molar-refractivity contribution is 0.385. The van der Waals surface area contributed by atoms with E-state index in [0.717, 1.165) is 5.56 Å². The minimum atomic E-state index is 0.470. The van der Waals surface area contributed by atoms with Crippen molar-refractivity contribution in [3.63, 3.8) is 0 Å². The van der Waals surface area contributed by atoms with Gasteiger partial charge in [0.1, 0.15) is 0 Å². The van der Waals surface area contributed by atoms with Crippen LogP contribution in [0.25, 0.3) is 11.4 Å². The van der Waals surface area contributed by atoms with Crippen molar-refractivity contribution in [2.45, 2.75) is 6.42 Å². The first-order valence-electron chi connectivity index (χ1n) is 6.04. The molecule has 0 atom stereocenters. The van der Waals surface area contributed by atoms with Crippen molar-refractivity contribution in [3.05, 3.63) is 70.0 Å². The van der Waals surface area contributed by atoms with E-state index in [9.17, 15) is 0 Å².